The number of carbonyl (C=O) groups excluding carboxylic acids is 2. The molecule has 2 heterocycles. The Balaban J connectivity index is 1.46. The van der Waals surface area contributed by atoms with Crippen molar-refractivity contribution in [1.29, 1.82) is 0 Å². The molecule has 1 aromatic carbocycles. The van der Waals surface area contributed by atoms with E-state index >= 15 is 0 Å². The van der Waals surface area contributed by atoms with Gasteiger partial charge in [-0.05, 0) is 75.1 Å². The summed E-state index contributed by atoms with van der Waals surface area (Å²) < 4.78 is 5.51. The van der Waals surface area contributed by atoms with Crippen LogP contribution in [0.15, 0.2) is 18.2 Å². The Morgan fingerprint density at radius 1 is 1.19 bits per heavy atom. The zero-order chi connectivity index (χ0) is 19.0. The molecule has 0 spiro atoms. The van der Waals surface area contributed by atoms with Crippen LogP contribution in [0.4, 0.5) is 0 Å². The van der Waals surface area contributed by atoms with Gasteiger partial charge in [0.1, 0.15) is 0 Å². The second kappa shape index (κ2) is 7.37. The molecule has 0 bridgehead atoms. The summed E-state index contributed by atoms with van der Waals surface area (Å²) in [5.41, 5.74) is 4.22. The number of hydrogen-bond donors (Lipinski definition) is 1. The van der Waals surface area contributed by atoms with E-state index in [9.17, 15) is 9.59 Å². The normalized spacial score (nSPS) is 19.0. The number of rotatable bonds is 3. The van der Waals surface area contributed by atoms with Gasteiger partial charge in [0.15, 0.2) is 6.10 Å². The SMILES string of the molecule is CC1CCN(C(=O)[C@@H](C)OC(=O)c2ccc3[nH]c4c(c3c2)CCCC4)CC1. The molecule has 27 heavy (non-hydrogen) atoms. The largest absolute Gasteiger partial charge is 0.449 e. The molecule has 5 heteroatoms. The van der Waals surface area contributed by atoms with Crippen LogP contribution in [0.5, 0.6) is 0 Å². The van der Waals surface area contributed by atoms with Gasteiger partial charge in [0.2, 0.25) is 0 Å². The number of esters is 1. The maximum absolute atomic E-state index is 12.6. The van der Waals surface area contributed by atoms with E-state index in [2.05, 4.69) is 11.9 Å². The Labute approximate surface area is 160 Å². The van der Waals surface area contributed by atoms with Crippen LogP contribution in [0.25, 0.3) is 10.9 Å². The van der Waals surface area contributed by atoms with Crippen molar-refractivity contribution in [1.82, 2.24) is 9.88 Å². The van der Waals surface area contributed by atoms with Crippen molar-refractivity contribution in [2.24, 2.45) is 5.92 Å². The van der Waals surface area contributed by atoms with Crippen LogP contribution in [-0.2, 0) is 22.4 Å². The molecule has 1 aliphatic heterocycles. The Bertz CT molecular complexity index is 862. The Morgan fingerprint density at radius 3 is 2.70 bits per heavy atom. The molecule has 0 saturated carbocycles. The highest BCUT2D eigenvalue weighted by Crippen LogP contribution is 2.30. The van der Waals surface area contributed by atoms with Gasteiger partial charge in [0.05, 0.1) is 5.56 Å². The highest BCUT2D eigenvalue weighted by atomic mass is 16.5. The lowest BCUT2D eigenvalue weighted by Crippen LogP contribution is -2.44. The third kappa shape index (κ3) is 3.60. The molecule has 1 fully saturated rings. The zero-order valence-corrected chi connectivity index (χ0v) is 16.2. The third-order valence-corrected chi connectivity index (χ3v) is 6.06. The van der Waals surface area contributed by atoms with E-state index in [4.69, 9.17) is 4.74 Å². The van der Waals surface area contributed by atoms with E-state index in [0.717, 1.165) is 49.7 Å². The first-order valence-electron chi connectivity index (χ1n) is 10.2. The summed E-state index contributed by atoms with van der Waals surface area (Å²) in [6, 6.07) is 5.65. The lowest BCUT2D eigenvalue weighted by molar-refractivity contribution is -0.141. The van der Waals surface area contributed by atoms with Gasteiger partial charge in [-0.1, -0.05) is 6.92 Å². The average Bonchev–Trinajstić information content (AvgIpc) is 3.05. The number of benzene rings is 1. The van der Waals surface area contributed by atoms with E-state index in [0.29, 0.717) is 11.5 Å². The number of hydrogen-bond acceptors (Lipinski definition) is 3. The maximum Gasteiger partial charge on any atom is 0.338 e. The van der Waals surface area contributed by atoms with Gasteiger partial charge >= 0.3 is 5.97 Å². The van der Waals surface area contributed by atoms with Crippen LogP contribution in [0.1, 0.15) is 61.1 Å². The standard InChI is InChI=1S/C22H28N2O3/c1-14-9-11-24(12-10-14)21(25)15(2)27-22(26)16-7-8-20-18(13-16)17-5-3-4-6-19(17)23-20/h7-8,13-15,23H,3-6,9-12H2,1-2H3/t15-/m1/s1. The third-order valence-electron chi connectivity index (χ3n) is 6.06. The molecule has 4 rings (SSSR count). The summed E-state index contributed by atoms with van der Waals surface area (Å²) in [4.78, 5) is 30.5. The van der Waals surface area contributed by atoms with Crippen molar-refractivity contribution in [2.45, 2.75) is 58.5 Å². The predicted molar refractivity (Wildman–Crippen MR) is 105 cm³/mol. The number of carbonyl (C=O) groups is 2. The number of aromatic amines is 1. The van der Waals surface area contributed by atoms with Crippen molar-refractivity contribution in [3.63, 3.8) is 0 Å². The van der Waals surface area contributed by atoms with Crippen LogP contribution in [0.2, 0.25) is 0 Å². The topological polar surface area (TPSA) is 62.4 Å². The van der Waals surface area contributed by atoms with Crippen molar-refractivity contribution in [2.75, 3.05) is 13.1 Å². The molecule has 1 N–H and O–H groups in total. The summed E-state index contributed by atoms with van der Waals surface area (Å²) in [7, 11) is 0. The Morgan fingerprint density at radius 2 is 1.93 bits per heavy atom. The predicted octanol–water partition coefficient (Wildman–Crippen LogP) is 3.85. The second-order valence-corrected chi connectivity index (χ2v) is 8.10. The lowest BCUT2D eigenvalue weighted by atomic mass is 9.95. The van der Waals surface area contributed by atoms with Crippen LogP contribution in [-0.4, -0.2) is 41.0 Å². The van der Waals surface area contributed by atoms with Gasteiger partial charge in [-0.15, -0.1) is 0 Å². The number of H-pyrrole nitrogens is 1. The summed E-state index contributed by atoms with van der Waals surface area (Å²) in [6.07, 6.45) is 5.81. The molecule has 2 aliphatic rings. The quantitative estimate of drug-likeness (QED) is 0.837. The number of ether oxygens (including phenoxy) is 1. The molecule has 2 aromatic rings. The summed E-state index contributed by atoms with van der Waals surface area (Å²) >= 11 is 0. The van der Waals surface area contributed by atoms with E-state index in [1.165, 1.54) is 24.1 Å². The van der Waals surface area contributed by atoms with Gasteiger partial charge < -0.3 is 14.6 Å². The van der Waals surface area contributed by atoms with E-state index in [1.807, 2.05) is 17.0 Å². The Kier molecular flexibility index (Phi) is 4.94. The fraction of sp³-hybridized carbons (Fsp3) is 0.545. The molecule has 1 atom stereocenters. The number of nitrogens with one attached hydrogen (secondary N) is 1. The van der Waals surface area contributed by atoms with Crippen LogP contribution < -0.4 is 0 Å². The van der Waals surface area contributed by atoms with Crippen LogP contribution in [0, 0.1) is 5.92 Å². The molecular formula is C22H28N2O3. The average molecular weight is 368 g/mol. The van der Waals surface area contributed by atoms with E-state index in [-0.39, 0.29) is 5.91 Å². The highest BCUT2D eigenvalue weighted by Gasteiger charge is 2.27. The molecule has 1 aromatic heterocycles. The minimum atomic E-state index is -0.748. The van der Waals surface area contributed by atoms with Gasteiger partial charge in [0, 0.05) is 29.7 Å². The monoisotopic (exact) mass is 368 g/mol. The summed E-state index contributed by atoms with van der Waals surface area (Å²) in [5.74, 6) is 0.148. The number of aromatic nitrogens is 1. The van der Waals surface area contributed by atoms with Crippen LogP contribution in [0.3, 0.4) is 0 Å². The van der Waals surface area contributed by atoms with Crippen LogP contribution >= 0.6 is 0 Å². The minimum Gasteiger partial charge on any atom is -0.449 e. The van der Waals surface area contributed by atoms with E-state index in [1.54, 1.807) is 13.0 Å². The second-order valence-electron chi connectivity index (χ2n) is 8.10. The molecule has 1 saturated heterocycles. The minimum absolute atomic E-state index is 0.0876. The fourth-order valence-corrected chi connectivity index (χ4v) is 4.30. The number of piperidine rings is 1. The number of nitrogens with zero attached hydrogens (tertiary/aromatic N) is 1. The first kappa shape index (κ1) is 18.1. The molecule has 1 amide bonds. The van der Waals surface area contributed by atoms with Crippen molar-refractivity contribution < 1.29 is 14.3 Å². The van der Waals surface area contributed by atoms with Gasteiger partial charge in [-0.25, -0.2) is 4.79 Å². The number of likely N-dealkylation sites (tertiary alicyclic amines) is 1. The van der Waals surface area contributed by atoms with Gasteiger partial charge in [0.25, 0.3) is 5.91 Å². The molecular weight excluding hydrogens is 340 g/mol. The zero-order valence-electron chi connectivity index (χ0n) is 16.2. The molecule has 0 unspecified atom stereocenters. The summed E-state index contributed by atoms with van der Waals surface area (Å²) in [6.45, 7) is 5.39. The Hall–Kier alpha value is -2.30. The summed E-state index contributed by atoms with van der Waals surface area (Å²) in [5, 5.41) is 1.11. The first-order valence-corrected chi connectivity index (χ1v) is 10.2. The lowest BCUT2D eigenvalue weighted by Gasteiger charge is -2.31. The van der Waals surface area contributed by atoms with Crippen molar-refractivity contribution in [3.05, 3.63) is 35.0 Å². The van der Waals surface area contributed by atoms with Gasteiger partial charge in [-0.3, -0.25) is 4.79 Å². The molecule has 144 valence electrons. The van der Waals surface area contributed by atoms with Crippen molar-refractivity contribution in [3.8, 4) is 0 Å². The molecule has 0 radical (unpaired) electrons. The maximum atomic E-state index is 12.6. The highest BCUT2D eigenvalue weighted by molar-refractivity contribution is 5.97. The van der Waals surface area contributed by atoms with E-state index < -0.39 is 12.1 Å². The number of amides is 1. The molecule has 1 aliphatic carbocycles. The molecule has 5 nitrogen and oxygen atoms in total. The first-order chi connectivity index (χ1) is 13.0. The smallest absolute Gasteiger partial charge is 0.338 e. The fourth-order valence-electron chi connectivity index (χ4n) is 4.30. The van der Waals surface area contributed by atoms with Crippen molar-refractivity contribution >= 4 is 22.8 Å². The van der Waals surface area contributed by atoms with Gasteiger partial charge in [-0.2, -0.15) is 0 Å². The number of aryl methyl sites for hydroxylation is 2. The number of fused-ring (bicyclic) bond motifs is 3.